The van der Waals surface area contributed by atoms with Crippen molar-refractivity contribution in [2.45, 2.75) is 104 Å². The van der Waals surface area contributed by atoms with Crippen molar-refractivity contribution >= 4 is 34.6 Å². The normalized spacial score (nSPS) is 15.0. The molecule has 2 aromatic rings. The predicted octanol–water partition coefficient (Wildman–Crippen LogP) is 3.48. The van der Waals surface area contributed by atoms with Crippen molar-refractivity contribution in [2.75, 3.05) is 40.1 Å². The third-order valence-corrected chi connectivity index (χ3v) is 8.93. The van der Waals surface area contributed by atoms with E-state index in [1.165, 1.54) is 0 Å². The molecule has 0 radical (unpaired) electrons. The molecule has 0 saturated heterocycles. The lowest BCUT2D eigenvalue weighted by atomic mass is 9.95. The average Bonchev–Trinajstić information content (AvgIpc) is 3.10. The summed E-state index contributed by atoms with van der Waals surface area (Å²) in [5, 5.41) is 34.0. The third-order valence-electron chi connectivity index (χ3n) is 8.93. The molecule has 0 bridgehead atoms. The number of nitrogens with one attached hydrogen (secondary N) is 4. The number of ether oxygens (including phenoxy) is 3. The van der Waals surface area contributed by atoms with Gasteiger partial charge in [-0.15, -0.1) is 0 Å². The SMILES string of the molecule is CCC(C)[C@@H](CO)NC(=O)CC(O)C(CC(C)C)NC(=O)[C@H](CC(C)C)NC(=O)[C@H](Cc1cccc2ccccc12)NC(=O)OCCOCCOC. The van der Waals surface area contributed by atoms with E-state index in [9.17, 15) is 29.4 Å². The van der Waals surface area contributed by atoms with Crippen molar-refractivity contribution in [3.05, 3.63) is 48.0 Å². The summed E-state index contributed by atoms with van der Waals surface area (Å²) in [5.41, 5.74) is 0.821. The molecule has 0 aliphatic heterocycles. The largest absolute Gasteiger partial charge is 0.447 e. The third kappa shape index (κ3) is 15.9. The Bertz CT molecular complexity index is 1380. The van der Waals surface area contributed by atoms with Gasteiger partial charge in [-0.25, -0.2) is 4.79 Å². The number of fused-ring (bicyclic) bond motifs is 1. The molecule has 0 spiro atoms. The second kappa shape index (κ2) is 23.7. The highest BCUT2D eigenvalue weighted by molar-refractivity contribution is 5.92. The van der Waals surface area contributed by atoms with Gasteiger partial charge in [0, 0.05) is 13.5 Å². The fraction of sp³-hybridized carbons (Fsp3) is 0.641. The zero-order chi connectivity index (χ0) is 38.6. The smallest absolute Gasteiger partial charge is 0.407 e. The minimum absolute atomic E-state index is 0.00109. The van der Waals surface area contributed by atoms with Crippen LogP contribution in [0.3, 0.4) is 0 Å². The van der Waals surface area contributed by atoms with Gasteiger partial charge in [0.05, 0.1) is 51.0 Å². The van der Waals surface area contributed by atoms with Crippen molar-refractivity contribution in [3.8, 4) is 0 Å². The van der Waals surface area contributed by atoms with Gasteiger partial charge in [0.15, 0.2) is 0 Å². The number of hydrogen-bond donors (Lipinski definition) is 6. The van der Waals surface area contributed by atoms with E-state index in [1.807, 2.05) is 84.0 Å². The van der Waals surface area contributed by atoms with E-state index in [2.05, 4.69) is 21.3 Å². The van der Waals surface area contributed by atoms with Crippen LogP contribution in [0.5, 0.6) is 0 Å². The molecule has 6 N–H and O–H groups in total. The number of alkyl carbamates (subject to hydrolysis) is 1. The van der Waals surface area contributed by atoms with Crippen LogP contribution in [0.1, 0.15) is 72.8 Å². The Morgan fingerprint density at radius 2 is 1.40 bits per heavy atom. The van der Waals surface area contributed by atoms with Gasteiger partial charge in [-0.2, -0.15) is 0 Å². The standard InChI is InChI=1S/C39H62N4O9/c1-8-27(6)34(24-44)40-36(46)23-35(45)31(20-25(2)3)41-37(47)32(21-26(4)5)42-38(48)33(43-39(49)52-19-18-51-17-16-50-7)22-29-14-11-13-28-12-9-10-15-30(28)29/h9-15,25-27,31-35,44-45H,8,16-24H2,1-7H3,(H,40,46)(H,41,47)(H,42,48)(H,43,49)/t27?,31?,32-,33-,34+,35?/m0/s1. The highest BCUT2D eigenvalue weighted by atomic mass is 16.6. The van der Waals surface area contributed by atoms with Crippen LogP contribution in [0, 0.1) is 17.8 Å². The van der Waals surface area contributed by atoms with Crippen LogP contribution >= 0.6 is 0 Å². The Kier molecular flexibility index (Phi) is 20.2. The number of aliphatic hydroxyl groups excluding tert-OH is 2. The van der Waals surface area contributed by atoms with E-state index >= 15 is 0 Å². The summed E-state index contributed by atoms with van der Waals surface area (Å²) >= 11 is 0. The Morgan fingerprint density at radius 3 is 2.06 bits per heavy atom. The maximum absolute atomic E-state index is 14.0. The lowest BCUT2D eigenvalue weighted by Gasteiger charge is -2.30. The van der Waals surface area contributed by atoms with Crippen LogP contribution in [0.15, 0.2) is 42.5 Å². The van der Waals surface area contributed by atoms with Crippen LogP contribution < -0.4 is 21.3 Å². The van der Waals surface area contributed by atoms with Gasteiger partial charge in [0.2, 0.25) is 17.7 Å². The van der Waals surface area contributed by atoms with E-state index in [1.54, 1.807) is 7.11 Å². The average molecular weight is 731 g/mol. The first-order valence-corrected chi connectivity index (χ1v) is 18.4. The second-order valence-corrected chi connectivity index (χ2v) is 14.2. The van der Waals surface area contributed by atoms with E-state index in [4.69, 9.17) is 14.2 Å². The second-order valence-electron chi connectivity index (χ2n) is 14.2. The first-order valence-electron chi connectivity index (χ1n) is 18.4. The number of carbonyl (C=O) groups is 4. The lowest BCUT2D eigenvalue weighted by molar-refractivity contribution is -0.132. The van der Waals surface area contributed by atoms with Gasteiger partial charge in [-0.1, -0.05) is 90.4 Å². The molecule has 2 aromatic carbocycles. The Hall–Kier alpha value is -3.78. The highest BCUT2D eigenvalue weighted by Crippen LogP contribution is 2.20. The number of methoxy groups -OCH3 is 1. The lowest BCUT2D eigenvalue weighted by Crippen LogP contribution is -2.57. The van der Waals surface area contributed by atoms with Gasteiger partial charge >= 0.3 is 6.09 Å². The topological polar surface area (TPSA) is 185 Å². The van der Waals surface area contributed by atoms with Crippen molar-refractivity contribution < 1.29 is 43.6 Å². The number of amides is 4. The van der Waals surface area contributed by atoms with Crippen molar-refractivity contribution in [3.63, 3.8) is 0 Å². The first-order chi connectivity index (χ1) is 24.8. The summed E-state index contributed by atoms with van der Waals surface area (Å²) < 4.78 is 15.6. The monoisotopic (exact) mass is 730 g/mol. The molecule has 52 heavy (non-hydrogen) atoms. The number of rotatable bonds is 24. The molecule has 2 rings (SSSR count). The Balaban J connectivity index is 2.26. The zero-order valence-electron chi connectivity index (χ0n) is 32.0. The molecule has 13 heteroatoms. The van der Waals surface area contributed by atoms with Gasteiger partial charge in [0.1, 0.15) is 18.7 Å². The highest BCUT2D eigenvalue weighted by Gasteiger charge is 2.32. The number of hydrogen-bond acceptors (Lipinski definition) is 9. The summed E-state index contributed by atoms with van der Waals surface area (Å²) in [5.74, 6) is -1.42. The Morgan fingerprint density at radius 1 is 0.750 bits per heavy atom. The minimum Gasteiger partial charge on any atom is -0.447 e. The van der Waals surface area contributed by atoms with Crippen molar-refractivity contribution in [1.29, 1.82) is 0 Å². The summed E-state index contributed by atoms with van der Waals surface area (Å²) in [6.45, 7) is 12.3. The molecule has 0 aromatic heterocycles. The minimum atomic E-state index is -1.22. The first kappa shape index (κ1) is 44.4. The fourth-order valence-electron chi connectivity index (χ4n) is 5.85. The molecule has 0 aliphatic carbocycles. The summed E-state index contributed by atoms with van der Waals surface area (Å²) in [6.07, 6.45) is -0.765. The van der Waals surface area contributed by atoms with Gasteiger partial charge < -0.3 is 45.7 Å². The fourth-order valence-corrected chi connectivity index (χ4v) is 5.85. The molecular formula is C39H62N4O9. The molecule has 4 amide bonds. The van der Waals surface area contributed by atoms with E-state index in [0.29, 0.717) is 19.6 Å². The van der Waals surface area contributed by atoms with Gasteiger partial charge in [0.25, 0.3) is 0 Å². The molecule has 0 saturated carbocycles. The van der Waals surface area contributed by atoms with E-state index in [0.717, 1.165) is 22.8 Å². The summed E-state index contributed by atoms with van der Waals surface area (Å²) in [4.78, 5) is 53.6. The van der Waals surface area contributed by atoms with E-state index < -0.39 is 54.1 Å². The predicted molar refractivity (Wildman–Crippen MR) is 200 cm³/mol. The summed E-state index contributed by atoms with van der Waals surface area (Å²) in [7, 11) is 1.56. The maximum atomic E-state index is 14.0. The van der Waals surface area contributed by atoms with Crippen molar-refractivity contribution in [2.24, 2.45) is 17.8 Å². The molecular weight excluding hydrogens is 668 g/mol. The van der Waals surface area contributed by atoms with E-state index in [-0.39, 0.29) is 56.8 Å². The van der Waals surface area contributed by atoms with Crippen LogP contribution in [0.4, 0.5) is 4.79 Å². The number of carbonyl (C=O) groups excluding carboxylic acids is 4. The summed E-state index contributed by atoms with van der Waals surface area (Å²) in [6, 6.07) is 10.1. The van der Waals surface area contributed by atoms with Crippen molar-refractivity contribution in [1.82, 2.24) is 21.3 Å². The van der Waals surface area contributed by atoms with Crippen LogP contribution in [0.2, 0.25) is 0 Å². The molecule has 3 unspecified atom stereocenters. The Labute approximate surface area is 308 Å². The van der Waals surface area contributed by atoms with Crippen LogP contribution in [0.25, 0.3) is 10.8 Å². The van der Waals surface area contributed by atoms with Gasteiger partial charge in [-0.3, -0.25) is 14.4 Å². The molecule has 292 valence electrons. The molecule has 6 atom stereocenters. The molecule has 0 aliphatic rings. The van der Waals surface area contributed by atoms with Crippen LogP contribution in [-0.2, 0) is 35.0 Å². The zero-order valence-corrected chi connectivity index (χ0v) is 32.0. The molecule has 0 heterocycles. The molecule has 13 nitrogen and oxygen atoms in total. The quantitative estimate of drug-likeness (QED) is 0.0881. The maximum Gasteiger partial charge on any atom is 0.407 e. The number of benzene rings is 2. The number of aliphatic hydroxyl groups is 2. The molecule has 0 fully saturated rings. The van der Waals surface area contributed by atoms with Gasteiger partial charge in [-0.05, 0) is 46.9 Å². The van der Waals surface area contributed by atoms with Crippen LogP contribution in [-0.4, -0.2) is 104 Å².